The van der Waals surface area contributed by atoms with E-state index in [9.17, 15) is 18.0 Å². The minimum Gasteiger partial charge on any atom is -0.491 e. The Morgan fingerprint density at radius 1 is 1.06 bits per heavy atom. The van der Waals surface area contributed by atoms with E-state index >= 15 is 0 Å². The summed E-state index contributed by atoms with van der Waals surface area (Å²) in [5.74, 6) is -0.396. The predicted molar refractivity (Wildman–Crippen MR) is 106 cm³/mol. The van der Waals surface area contributed by atoms with Gasteiger partial charge in [0, 0.05) is 19.7 Å². The van der Waals surface area contributed by atoms with Crippen LogP contribution in [0.15, 0.2) is 42.6 Å². The Kier molecular flexibility index (Phi) is 7.25. The molecule has 0 saturated carbocycles. The Labute approximate surface area is 181 Å². The summed E-state index contributed by atoms with van der Waals surface area (Å²) in [6.07, 6.45) is -4.01. The molecule has 0 radical (unpaired) electrons. The smallest absolute Gasteiger partial charge is 0.434 e. The zero-order chi connectivity index (χ0) is 23.1. The molecule has 1 amide bonds. The minimum absolute atomic E-state index is 0.0159. The van der Waals surface area contributed by atoms with Crippen LogP contribution < -0.4 is 14.8 Å². The van der Waals surface area contributed by atoms with Gasteiger partial charge in [-0.1, -0.05) is 12.1 Å². The van der Waals surface area contributed by atoms with Crippen LogP contribution in [0.25, 0.3) is 5.82 Å². The number of methoxy groups -OCH3 is 2. The Balaban J connectivity index is 1.74. The van der Waals surface area contributed by atoms with Gasteiger partial charge in [0.05, 0.1) is 25.5 Å². The van der Waals surface area contributed by atoms with Gasteiger partial charge in [-0.25, -0.2) is 4.68 Å². The molecule has 0 fully saturated rings. The molecule has 170 valence electrons. The zero-order valence-corrected chi connectivity index (χ0v) is 17.2. The summed E-state index contributed by atoms with van der Waals surface area (Å²) in [6.45, 7) is 0.840. The van der Waals surface area contributed by atoms with Crippen molar-refractivity contribution in [3.8, 4) is 17.4 Å². The molecule has 2 aromatic heterocycles. The molecule has 0 saturated heterocycles. The number of carbonyl (C=O) groups excluding carboxylic acids is 1. The molecule has 9 nitrogen and oxygen atoms in total. The highest BCUT2D eigenvalue weighted by Gasteiger charge is 2.41. The van der Waals surface area contributed by atoms with E-state index in [0.717, 1.165) is 6.20 Å². The largest absolute Gasteiger partial charge is 0.491 e. The molecular weight excluding hydrogens is 431 g/mol. The lowest BCUT2D eigenvalue weighted by Crippen LogP contribution is -2.26. The van der Waals surface area contributed by atoms with Gasteiger partial charge >= 0.3 is 6.18 Å². The van der Waals surface area contributed by atoms with Crippen LogP contribution >= 0.6 is 0 Å². The molecule has 32 heavy (non-hydrogen) atoms. The van der Waals surface area contributed by atoms with E-state index in [-0.39, 0.29) is 18.2 Å². The molecule has 2 heterocycles. The van der Waals surface area contributed by atoms with Gasteiger partial charge in [-0.15, -0.1) is 10.2 Å². The molecule has 3 rings (SSSR count). The highest BCUT2D eigenvalue weighted by molar-refractivity contribution is 5.95. The summed E-state index contributed by atoms with van der Waals surface area (Å²) in [4.78, 5) is 12.5. The molecular formula is C20H20F3N5O4. The minimum atomic E-state index is -4.86. The van der Waals surface area contributed by atoms with Crippen molar-refractivity contribution in [3.63, 3.8) is 0 Å². The molecule has 0 spiro atoms. The molecule has 0 atom stereocenters. The van der Waals surface area contributed by atoms with E-state index in [0.29, 0.717) is 29.2 Å². The third-order valence-electron chi connectivity index (χ3n) is 4.27. The SMILES string of the molecule is COCCOc1ccc(CNC(=O)c2cnn(-c3ccc(OC)nn3)c2C(F)(F)F)cc1. The zero-order valence-electron chi connectivity index (χ0n) is 17.2. The Morgan fingerprint density at radius 3 is 2.41 bits per heavy atom. The number of halogens is 3. The van der Waals surface area contributed by atoms with Crippen molar-refractivity contribution >= 4 is 5.91 Å². The highest BCUT2D eigenvalue weighted by Crippen LogP contribution is 2.33. The van der Waals surface area contributed by atoms with Gasteiger partial charge in [0.2, 0.25) is 5.88 Å². The molecule has 0 aliphatic rings. The first-order valence-corrected chi connectivity index (χ1v) is 9.35. The van der Waals surface area contributed by atoms with Crippen LogP contribution in [0.4, 0.5) is 13.2 Å². The average molecular weight is 451 g/mol. The van der Waals surface area contributed by atoms with Crippen LogP contribution in [0.1, 0.15) is 21.6 Å². The van der Waals surface area contributed by atoms with Crippen molar-refractivity contribution in [2.45, 2.75) is 12.7 Å². The quantitative estimate of drug-likeness (QED) is 0.499. The number of aromatic nitrogens is 4. The monoisotopic (exact) mass is 451 g/mol. The number of amides is 1. The van der Waals surface area contributed by atoms with Crippen molar-refractivity contribution < 1.29 is 32.2 Å². The van der Waals surface area contributed by atoms with Crippen molar-refractivity contribution in [3.05, 3.63) is 59.4 Å². The third-order valence-corrected chi connectivity index (χ3v) is 4.27. The topological polar surface area (TPSA) is 100 Å². The Hall–Kier alpha value is -3.67. The summed E-state index contributed by atoms with van der Waals surface area (Å²) in [7, 11) is 2.91. The molecule has 0 aliphatic heterocycles. The molecule has 0 unspecified atom stereocenters. The van der Waals surface area contributed by atoms with Gasteiger partial charge in [0.1, 0.15) is 12.4 Å². The second-order valence-corrected chi connectivity index (χ2v) is 6.42. The number of carbonyl (C=O) groups is 1. The number of ether oxygens (including phenoxy) is 3. The maximum absolute atomic E-state index is 13.7. The molecule has 1 N–H and O–H groups in total. The van der Waals surface area contributed by atoms with Gasteiger partial charge in [-0.2, -0.15) is 18.3 Å². The first-order valence-electron chi connectivity index (χ1n) is 9.35. The molecule has 12 heteroatoms. The fourth-order valence-electron chi connectivity index (χ4n) is 2.72. The van der Waals surface area contributed by atoms with Crippen molar-refractivity contribution in [1.82, 2.24) is 25.3 Å². The fourth-order valence-corrected chi connectivity index (χ4v) is 2.72. The summed E-state index contributed by atoms with van der Waals surface area (Å²) < 4.78 is 56.9. The van der Waals surface area contributed by atoms with Gasteiger partial charge in [0.15, 0.2) is 11.5 Å². The maximum atomic E-state index is 13.7. The number of nitrogens with zero attached hydrogens (tertiary/aromatic N) is 4. The van der Waals surface area contributed by atoms with Crippen molar-refractivity contribution in [1.29, 1.82) is 0 Å². The first kappa shape index (κ1) is 23.0. The first-order chi connectivity index (χ1) is 15.3. The molecule has 0 aliphatic carbocycles. The van der Waals surface area contributed by atoms with Crippen LogP contribution in [-0.2, 0) is 17.5 Å². The molecule has 3 aromatic rings. The summed E-state index contributed by atoms with van der Waals surface area (Å²) in [5.41, 5.74) is -1.20. The highest BCUT2D eigenvalue weighted by atomic mass is 19.4. The summed E-state index contributed by atoms with van der Waals surface area (Å²) in [5, 5.41) is 13.5. The fraction of sp³-hybridized carbons (Fsp3) is 0.300. The van der Waals surface area contributed by atoms with Crippen LogP contribution in [0, 0.1) is 0 Å². The van der Waals surface area contributed by atoms with Crippen LogP contribution in [0.3, 0.4) is 0 Å². The Bertz CT molecular complexity index is 1040. The normalized spacial score (nSPS) is 11.3. The number of rotatable bonds is 9. The van der Waals surface area contributed by atoms with Gasteiger partial charge < -0.3 is 19.5 Å². The predicted octanol–water partition coefficient (Wildman–Crippen LogP) is 2.64. The third kappa shape index (κ3) is 5.52. The van der Waals surface area contributed by atoms with E-state index in [2.05, 4.69) is 20.6 Å². The lowest BCUT2D eigenvalue weighted by atomic mass is 10.2. The van der Waals surface area contributed by atoms with Crippen molar-refractivity contribution in [2.24, 2.45) is 0 Å². The van der Waals surface area contributed by atoms with Crippen LogP contribution in [0.5, 0.6) is 11.6 Å². The number of nitrogens with one attached hydrogen (secondary N) is 1. The maximum Gasteiger partial charge on any atom is 0.434 e. The molecule has 1 aromatic carbocycles. The summed E-state index contributed by atoms with van der Waals surface area (Å²) in [6, 6.07) is 9.38. The number of hydrogen-bond donors (Lipinski definition) is 1. The van der Waals surface area contributed by atoms with E-state index < -0.39 is 23.3 Å². The lowest BCUT2D eigenvalue weighted by Gasteiger charge is -2.12. The van der Waals surface area contributed by atoms with Crippen LogP contribution in [-0.4, -0.2) is 53.3 Å². The van der Waals surface area contributed by atoms with Gasteiger partial charge in [-0.05, 0) is 23.8 Å². The number of hydrogen-bond acceptors (Lipinski definition) is 7. The van der Waals surface area contributed by atoms with Gasteiger partial charge in [0.25, 0.3) is 5.91 Å². The van der Waals surface area contributed by atoms with Gasteiger partial charge in [-0.3, -0.25) is 4.79 Å². The van der Waals surface area contributed by atoms with Crippen LogP contribution in [0.2, 0.25) is 0 Å². The second kappa shape index (κ2) is 10.1. The number of benzene rings is 1. The average Bonchev–Trinajstić information content (AvgIpc) is 3.25. The molecule has 0 bridgehead atoms. The van der Waals surface area contributed by atoms with E-state index in [4.69, 9.17) is 14.2 Å². The van der Waals surface area contributed by atoms with E-state index in [1.807, 2.05) is 0 Å². The van der Waals surface area contributed by atoms with E-state index in [1.54, 1.807) is 31.4 Å². The lowest BCUT2D eigenvalue weighted by molar-refractivity contribution is -0.143. The number of alkyl halides is 3. The van der Waals surface area contributed by atoms with Crippen molar-refractivity contribution in [2.75, 3.05) is 27.4 Å². The Morgan fingerprint density at radius 2 is 1.81 bits per heavy atom. The standard InChI is InChI=1S/C20H20F3N5O4/c1-30-9-10-32-14-5-3-13(4-6-14)11-24-19(29)15-12-25-28(18(15)20(21,22)23)16-7-8-17(31-2)27-26-16/h3-8,12H,9-11H2,1-2H3,(H,24,29). The second-order valence-electron chi connectivity index (χ2n) is 6.42. The van der Waals surface area contributed by atoms with E-state index in [1.165, 1.54) is 19.2 Å². The summed E-state index contributed by atoms with van der Waals surface area (Å²) >= 11 is 0.